The average Bonchev–Trinajstić information content (AvgIpc) is 3.00. The summed E-state index contributed by atoms with van der Waals surface area (Å²) in [6.45, 7) is 1.20. The van der Waals surface area contributed by atoms with Crippen molar-refractivity contribution < 1.29 is 31.5 Å². The number of carbonyl (C=O) groups excluding carboxylic acids is 1. The number of hydrogen-bond donors (Lipinski definition) is 2. The summed E-state index contributed by atoms with van der Waals surface area (Å²) in [5, 5.41) is 14.4. The molecule has 0 aliphatic rings. The zero-order valence-electron chi connectivity index (χ0n) is 13.6. The molecule has 0 aliphatic carbocycles. The Bertz CT molecular complexity index is 890. The van der Waals surface area contributed by atoms with Gasteiger partial charge in [-0.1, -0.05) is 0 Å². The van der Waals surface area contributed by atoms with Crippen LogP contribution >= 0.6 is 0 Å². The Balaban J connectivity index is 2.25. The van der Waals surface area contributed by atoms with Crippen molar-refractivity contribution in [2.45, 2.75) is 24.5 Å². The third-order valence-corrected chi connectivity index (χ3v) is 5.14. The molecule has 2 aromatic rings. The van der Waals surface area contributed by atoms with Gasteiger partial charge in [0.1, 0.15) is 0 Å². The maximum absolute atomic E-state index is 13.0. The summed E-state index contributed by atoms with van der Waals surface area (Å²) in [4.78, 5) is 12.1. The maximum atomic E-state index is 13.0. The molecule has 0 aliphatic heterocycles. The van der Waals surface area contributed by atoms with E-state index in [4.69, 9.17) is 5.11 Å². The van der Waals surface area contributed by atoms with Gasteiger partial charge in [0.15, 0.2) is 15.5 Å². The van der Waals surface area contributed by atoms with E-state index in [1.54, 1.807) is 6.92 Å². The topological polar surface area (TPSA) is 101 Å². The molecule has 0 saturated carbocycles. The van der Waals surface area contributed by atoms with Gasteiger partial charge in [-0.2, -0.15) is 18.3 Å². The Hall–Kier alpha value is -2.40. The Morgan fingerprint density at radius 1 is 1.27 bits per heavy atom. The molecular formula is C15H16F3N3O4S. The first-order valence-corrected chi connectivity index (χ1v) is 9.13. The lowest BCUT2D eigenvalue weighted by atomic mass is 10.2. The van der Waals surface area contributed by atoms with Gasteiger partial charge in [-0.25, -0.2) is 8.42 Å². The minimum Gasteiger partial charge on any atom is -0.395 e. The van der Waals surface area contributed by atoms with Crippen molar-refractivity contribution in [3.05, 3.63) is 41.7 Å². The molecule has 1 aromatic carbocycles. The van der Waals surface area contributed by atoms with Crippen LogP contribution in [0.2, 0.25) is 0 Å². The smallest absolute Gasteiger partial charge is 0.395 e. The number of halogens is 3. The molecule has 7 nitrogen and oxygen atoms in total. The van der Waals surface area contributed by atoms with E-state index in [-0.39, 0.29) is 17.1 Å². The second-order valence-corrected chi connectivity index (χ2v) is 7.37. The van der Waals surface area contributed by atoms with Crippen LogP contribution in [0.1, 0.15) is 23.0 Å². The highest BCUT2D eigenvalue weighted by Crippen LogP contribution is 2.31. The number of aryl methyl sites for hydroxylation is 1. The lowest BCUT2D eigenvalue weighted by Gasteiger charge is -2.08. The average molecular weight is 391 g/mol. The van der Waals surface area contributed by atoms with Gasteiger partial charge in [0, 0.05) is 18.4 Å². The van der Waals surface area contributed by atoms with Crippen LogP contribution in [0, 0.1) is 0 Å². The minimum absolute atomic E-state index is 0.0701. The Labute approximate surface area is 147 Å². The van der Waals surface area contributed by atoms with Crippen molar-refractivity contribution in [3.63, 3.8) is 0 Å². The van der Waals surface area contributed by atoms with Crippen molar-refractivity contribution in [2.75, 3.05) is 17.7 Å². The number of rotatable bonds is 6. The first-order chi connectivity index (χ1) is 12.1. The molecular weight excluding hydrogens is 375 g/mol. The van der Waals surface area contributed by atoms with E-state index >= 15 is 0 Å². The van der Waals surface area contributed by atoms with Gasteiger partial charge in [0.2, 0.25) is 0 Å². The number of aliphatic hydroxyl groups excluding tert-OH is 1. The van der Waals surface area contributed by atoms with Crippen molar-refractivity contribution in [1.82, 2.24) is 9.78 Å². The third-order valence-electron chi connectivity index (χ3n) is 3.43. The van der Waals surface area contributed by atoms with E-state index in [1.165, 1.54) is 24.3 Å². The molecule has 0 bridgehead atoms. The molecule has 0 radical (unpaired) electrons. The van der Waals surface area contributed by atoms with Crippen LogP contribution < -0.4 is 5.32 Å². The highest BCUT2D eigenvalue weighted by molar-refractivity contribution is 7.91. The minimum atomic E-state index is -4.78. The number of sulfone groups is 1. The van der Waals surface area contributed by atoms with E-state index in [0.717, 1.165) is 10.9 Å². The monoisotopic (exact) mass is 391 g/mol. The number of hydrogen-bond acceptors (Lipinski definition) is 5. The zero-order chi connectivity index (χ0) is 19.5. The summed E-state index contributed by atoms with van der Waals surface area (Å²) in [7, 11) is -3.66. The molecule has 1 heterocycles. The van der Waals surface area contributed by atoms with Gasteiger partial charge in [-0.05, 0) is 31.2 Å². The van der Waals surface area contributed by atoms with Crippen LogP contribution in [0.5, 0.6) is 0 Å². The van der Waals surface area contributed by atoms with Crippen LogP contribution in [0.25, 0.3) is 0 Å². The number of aromatic nitrogens is 2. The molecule has 142 valence electrons. The summed E-state index contributed by atoms with van der Waals surface area (Å²) in [6, 6.07) is 4.89. The van der Waals surface area contributed by atoms with E-state index in [1.807, 2.05) is 0 Å². The summed E-state index contributed by atoms with van der Waals surface area (Å²) >= 11 is 0. The standard InChI is InChI=1S/C15H16F3N3O4S/c1-2-21-9-12(13(20-21)15(16,17)18)14(23)19-10-3-5-11(6-4-10)26(24,25)8-7-22/h3-6,9,22H,2,7-8H2,1H3,(H,19,23). The highest BCUT2D eigenvalue weighted by atomic mass is 32.2. The lowest BCUT2D eigenvalue weighted by Crippen LogP contribution is -2.18. The summed E-state index contributed by atoms with van der Waals surface area (Å²) in [5.74, 6) is -1.47. The fourth-order valence-corrected chi connectivity index (χ4v) is 3.17. The first-order valence-electron chi connectivity index (χ1n) is 7.48. The van der Waals surface area contributed by atoms with Crippen LogP contribution in [0.3, 0.4) is 0 Å². The molecule has 0 unspecified atom stereocenters. The van der Waals surface area contributed by atoms with Crippen molar-refractivity contribution >= 4 is 21.4 Å². The van der Waals surface area contributed by atoms with Gasteiger partial charge in [-0.3, -0.25) is 9.48 Å². The molecule has 2 N–H and O–H groups in total. The number of amides is 1. The fourth-order valence-electron chi connectivity index (χ4n) is 2.14. The predicted molar refractivity (Wildman–Crippen MR) is 86.4 cm³/mol. The van der Waals surface area contributed by atoms with Gasteiger partial charge >= 0.3 is 6.18 Å². The van der Waals surface area contributed by atoms with Gasteiger partial charge in [0.25, 0.3) is 5.91 Å². The number of anilines is 1. The van der Waals surface area contributed by atoms with Crippen molar-refractivity contribution in [2.24, 2.45) is 0 Å². The second-order valence-electron chi connectivity index (χ2n) is 5.27. The molecule has 0 fully saturated rings. The molecule has 0 atom stereocenters. The molecule has 1 amide bonds. The SMILES string of the molecule is CCn1cc(C(=O)Nc2ccc(S(=O)(=O)CCO)cc2)c(C(F)(F)F)n1. The predicted octanol–water partition coefficient (Wildman–Crippen LogP) is 1.94. The van der Waals surface area contributed by atoms with Gasteiger partial charge in [-0.15, -0.1) is 0 Å². The largest absolute Gasteiger partial charge is 0.435 e. The number of alkyl halides is 3. The number of carbonyl (C=O) groups is 1. The van der Waals surface area contributed by atoms with Crippen molar-refractivity contribution in [3.8, 4) is 0 Å². The number of nitrogens with zero attached hydrogens (tertiary/aromatic N) is 2. The molecule has 26 heavy (non-hydrogen) atoms. The normalized spacial score (nSPS) is 12.2. The second kappa shape index (κ2) is 7.46. The third kappa shape index (κ3) is 4.41. The van der Waals surface area contributed by atoms with Crippen molar-refractivity contribution in [1.29, 1.82) is 0 Å². The quantitative estimate of drug-likeness (QED) is 0.784. The summed E-state index contributed by atoms with van der Waals surface area (Å²) in [6.07, 6.45) is -3.78. The fraction of sp³-hybridized carbons (Fsp3) is 0.333. The number of benzene rings is 1. The first kappa shape index (κ1) is 19.9. The lowest BCUT2D eigenvalue weighted by molar-refractivity contribution is -0.141. The molecule has 2 rings (SSSR count). The molecule has 1 aromatic heterocycles. The molecule has 0 saturated heterocycles. The number of nitrogens with one attached hydrogen (secondary N) is 1. The summed E-state index contributed by atoms with van der Waals surface area (Å²) < 4.78 is 63.6. The number of aliphatic hydroxyl groups is 1. The van der Waals surface area contributed by atoms with E-state index in [2.05, 4.69) is 10.4 Å². The van der Waals surface area contributed by atoms with Crippen LogP contribution in [-0.4, -0.2) is 41.6 Å². The highest BCUT2D eigenvalue weighted by Gasteiger charge is 2.39. The maximum Gasteiger partial charge on any atom is 0.435 e. The van der Waals surface area contributed by atoms with Crippen LogP contribution in [0.4, 0.5) is 18.9 Å². The molecule has 0 spiro atoms. The Kier molecular flexibility index (Phi) is 5.71. The van der Waals surface area contributed by atoms with Crippen LogP contribution in [0.15, 0.2) is 35.4 Å². The van der Waals surface area contributed by atoms with Crippen LogP contribution in [-0.2, 0) is 22.6 Å². The zero-order valence-corrected chi connectivity index (χ0v) is 14.4. The molecule has 11 heteroatoms. The van der Waals surface area contributed by atoms with E-state index in [0.29, 0.717) is 0 Å². The van der Waals surface area contributed by atoms with Gasteiger partial charge in [0.05, 0.1) is 22.8 Å². The Morgan fingerprint density at radius 3 is 2.38 bits per heavy atom. The summed E-state index contributed by atoms with van der Waals surface area (Å²) in [5.41, 5.74) is -1.80. The van der Waals surface area contributed by atoms with E-state index in [9.17, 15) is 26.4 Å². The Morgan fingerprint density at radius 2 is 1.88 bits per heavy atom. The van der Waals surface area contributed by atoms with Gasteiger partial charge < -0.3 is 10.4 Å². The van der Waals surface area contributed by atoms with E-state index < -0.39 is 45.5 Å².